The molecule has 4 heteroatoms. The largest absolute Gasteiger partial charge is 0.489 e. The number of benzene rings is 2. The number of ether oxygens (including phenoxy) is 1. The van der Waals surface area contributed by atoms with Crippen LogP contribution in [-0.2, 0) is 6.61 Å². The maximum Gasteiger partial charge on any atom is 0.140 e. The van der Waals surface area contributed by atoms with Gasteiger partial charge in [-0.3, -0.25) is 0 Å². The van der Waals surface area contributed by atoms with Gasteiger partial charge in [0.25, 0.3) is 0 Å². The van der Waals surface area contributed by atoms with E-state index in [1.165, 1.54) is 0 Å². The van der Waals surface area contributed by atoms with Gasteiger partial charge in [0.05, 0.1) is 5.52 Å². The summed E-state index contributed by atoms with van der Waals surface area (Å²) in [5, 5.41) is 1.40. The van der Waals surface area contributed by atoms with Gasteiger partial charge in [-0.25, -0.2) is 9.97 Å². The van der Waals surface area contributed by atoms with Gasteiger partial charge >= 0.3 is 0 Å². The second kappa shape index (κ2) is 5.93. The van der Waals surface area contributed by atoms with Crippen LogP contribution < -0.4 is 4.74 Å². The van der Waals surface area contributed by atoms with E-state index in [-0.39, 0.29) is 0 Å². The number of halogens is 1. The molecule has 0 bridgehead atoms. The topological polar surface area (TPSA) is 35.0 Å². The van der Waals surface area contributed by atoms with Crippen LogP contribution in [0, 0.1) is 20.8 Å². The molecule has 0 aliphatic carbocycles. The van der Waals surface area contributed by atoms with Crippen LogP contribution in [0.1, 0.15) is 22.5 Å². The second-order valence-electron chi connectivity index (χ2n) is 5.38. The fourth-order valence-electron chi connectivity index (χ4n) is 2.54. The van der Waals surface area contributed by atoms with Gasteiger partial charge in [-0.1, -0.05) is 41.9 Å². The van der Waals surface area contributed by atoms with Gasteiger partial charge in [0.1, 0.15) is 23.3 Å². The first-order valence-corrected chi connectivity index (χ1v) is 7.55. The lowest BCUT2D eigenvalue weighted by atomic mass is 10.1. The van der Waals surface area contributed by atoms with Crippen molar-refractivity contribution in [3.8, 4) is 5.75 Å². The molecule has 1 aromatic heterocycles. The minimum Gasteiger partial charge on any atom is -0.489 e. The monoisotopic (exact) mass is 312 g/mol. The molecule has 0 radical (unpaired) electrons. The lowest BCUT2D eigenvalue weighted by molar-refractivity contribution is 0.304. The van der Waals surface area contributed by atoms with Crippen LogP contribution in [0.15, 0.2) is 36.4 Å². The van der Waals surface area contributed by atoms with E-state index in [1.54, 1.807) is 0 Å². The normalized spacial score (nSPS) is 10.9. The smallest absolute Gasteiger partial charge is 0.140 e. The van der Waals surface area contributed by atoms with Crippen molar-refractivity contribution in [2.24, 2.45) is 0 Å². The summed E-state index contributed by atoms with van der Waals surface area (Å²) >= 11 is 6.27. The molecular weight excluding hydrogens is 296 g/mol. The van der Waals surface area contributed by atoms with Crippen molar-refractivity contribution in [3.05, 3.63) is 64.1 Å². The Kier molecular flexibility index (Phi) is 3.99. The zero-order valence-electron chi connectivity index (χ0n) is 12.9. The number of aromatic nitrogens is 2. The van der Waals surface area contributed by atoms with Gasteiger partial charge in [-0.15, -0.1) is 0 Å². The zero-order valence-corrected chi connectivity index (χ0v) is 13.6. The molecule has 0 unspecified atom stereocenters. The molecular formula is C18H17ClN2O. The molecule has 0 atom stereocenters. The Labute approximate surface area is 134 Å². The molecule has 0 saturated heterocycles. The Morgan fingerprint density at radius 1 is 1.05 bits per heavy atom. The first kappa shape index (κ1) is 14.8. The summed E-state index contributed by atoms with van der Waals surface area (Å²) < 4.78 is 5.99. The lowest BCUT2D eigenvalue weighted by Gasteiger charge is -2.14. The van der Waals surface area contributed by atoms with Gasteiger partial charge in [0, 0.05) is 10.9 Å². The number of hydrogen-bond donors (Lipinski definition) is 0. The third-order valence-corrected chi connectivity index (χ3v) is 3.95. The molecule has 0 amide bonds. The summed E-state index contributed by atoms with van der Waals surface area (Å²) in [6.07, 6.45) is 0. The SMILES string of the molecule is Cc1nc(Cl)c2c(C)cc(OCc3ccccc3)c(C)c2n1. The van der Waals surface area contributed by atoms with Crippen LogP contribution in [0.3, 0.4) is 0 Å². The van der Waals surface area contributed by atoms with Crippen LogP contribution in [0.5, 0.6) is 5.75 Å². The van der Waals surface area contributed by atoms with E-state index in [0.717, 1.165) is 33.3 Å². The Morgan fingerprint density at radius 2 is 1.77 bits per heavy atom. The van der Waals surface area contributed by atoms with Crippen LogP contribution in [0.25, 0.3) is 10.9 Å². The van der Waals surface area contributed by atoms with Gasteiger partial charge in [0.2, 0.25) is 0 Å². The quantitative estimate of drug-likeness (QED) is 0.652. The summed E-state index contributed by atoms with van der Waals surface area (Å²) in [7, 11) is 0. The molecule has 0 N–H and O–H groups in total. The summed E-state index contributed by atoms with van der Waals surface area (Å²) in [5.41, 5.74) is 4.01. The van der Waals surface area contributed by atoms with E-state index >= 15 is 0 Å². The van der Waals surface area contributed by atoms with Crippen molar-refractivity contribution >= 4 is 22.5 Å². The molecule has 2 aromatic carbocycles. The van der Waals surface area contributed by atoms with E-state index in [9.17, 15) is 0 Å². The third kappa shape index (κ3) is 2.77. The highest BCUT2D eigenvalue weighted by atomic mass is 35.5. The predicted molar refractivity (Wildman–Crippen MR) is 89.5 cm³/mol. The molecule has 3 aromatic rings. The van der Waals surface area contributed by atoms with E-state index < -0.39 is 0 Å². The van der Waals surface area contributed by atoms with E-state index in [1.807, 2.05) is 57.2 Å². The third-order valence-electron chi connectivity index (χ3n) is 3.68. The molecule has 112 valence electrons. The molecule has 0 spiro atoms. The molecule has 1 heterocycles. The number of nitrogens with zero attached hydrogens (tertiary/aromatic N) is 2. The van der Waals surface area contributed by atoms with Gasteiger partial charge < -0.3 is 4.74 Å². The number of hydrogen-bond acceptors (Lipinski definition) is 3. The first-order chi connectivity index (χ1) is 10.6. The Hall–Kier alpha value is -2.13. The number of aryl methyl sites for hydroxylation is 3. The molecule has 22 heavy (non-hydrogen) atoms. The molecule has 3 nitrogen and oxygen atoms in total. The minimum atomic E-state index is 0.498. The van der Waals surface area contributed by atoms with Crippen molar-refractivity contribution < 1.29 is 4.74 Å². The van der Waals surface area contributed by atoms with Crippen molar-refractivity contribution in [1.29, 1.82) is 0 Å². The molecule has 0 aliphatic rings. The first-order valence-electron chi connectivity index (χ1n) is 7.17. The molecule has 0 fully saturated rings. The highest BCUT2D eigenvalue weighted by Gasteiger charge is 2.13. The Morgan fingerprint density at radius 3 is 2.50 bits per heavy atom. The summed E-state index contributed by atoms with van der Waals surface area (Å²) in [4.78, 5) is 8.78. The van der Waals surface area contributed by atoms with Crippen molar-refractivity contribution in [2.75, 3.05) is 0 Å². The lowest BCUT2D eigenvalue weighted by Crippen LogP contribution is -2.00. The van der Waals surface area contributed by atoms with Crippen LogP contribution in [0.2, 0.25) is 5.15 Å². The average Bonchev–Trinajstić information content (AvgIpc) is 2.49. The van der Waals surface area contributed by atoms with E-state index in [4.69, 9.17) is 16.3 Å². The highest BCUT2D eigenvalue weighted by Crippen LogP contribution is 2.33. The molecule has 0 saturated carbocycles. The highest BCUT2D eigenvalue weighted by molar-refractivity contribution is 6.34. The van der Waals surface area contributed by atoms with Crippen LogP contribution in [-0.4, -0.2) is 9.97 Å². The standard InChI is InChI=1S/C18H17ClN2O/c1-11-9-15(22-10-14-7-5-4-6-8-14)12(2)17-16(11)18(19)21-13(3)20-17/h4-9H,10H2,1-3H3. The minimum absolute atomic E-state index is 0.498. The van der Waals surface area contributed by atoms with Gasteiger partial charge in [0.15, 0.2) is 0 Å². The second-order valence-corrected chi connectivity index (χ2v) is 5.73. The van der Waals surface area contributed by atoms with Crippen LogP contribution in [0.4, 0.5) is 0 Å². The summed E-state index contributed by atoms with van der Waals surface area (Å²) in [5.74, 6) is 1.50. The maximum absolute atomic E-state index is 6.27. The van der Waals surface area contributed by atoms with Crippen molar-refractivity contribution in [3.63, 3.8) is 0 Å². The summed E-state index contributed by atoms with van der Waals surface area (Å²) in [6.45, 7) is 6.38. The fraction of sp³-hybridized carbons (Fsp3) is 0.222. The van der Waals surface area contributed by atoms with Crippen LogP contribution >= 0.6 is 11.6 Å². The number of rotatable bonds is 3. The predicted octanol–water partition coefficient (Wildman–Crippen LogP) is 4.79. The average molecular weight is 313 g/mol. The molecule has 3 rings (SSSR count). The Balaban J connectivity index is 2.02. The van der Waals surface area contributed by atoms with E-state index in [0.29, 0.717) is 17.6 Å². The van der Waals surface area contributed by atoms with Gasteiger partial charge in [-0.2, -0.15) is 0 Å². The fourth-order valence-corrected chi connectivity index (χ4v) is 2.90. The van der Waals surface area contributed by atoms with Crippen molar-refractivity contribution in [1.82, 2.24) is 9.97 Å². The molecule has 0 aliphatic heterocycles. The van der Waals surface area contributed by atoms with Crippen molar-refractivity contribution in [2.45, 2.75) is 27.4 Å². The van der Waals surface area contributed by atoms with E-state index in [2.05, 4.69) is 9.97 Å². The Bertz CT molecular complexity index is 832. The number of fused-ring (bicyclic) bond motifs is 1. The zero-order chi connectivity index (χ0) is 15.7. The summed E-state index contributed by atoms with van der Waals surface area (Å²) in [6, 6.07) is 12.1. The maximum atomic E-state index is 6.27. The van der Waals surface area contributed by atoms with Gasteiger partial charge in [-0.05, 0) is 38.0 Å².